The van der Waals surface area contributed by atoms with Crippen LogP contribution >= 0.6 is 11.6 Å². The Labute approximate surface area is 190 Å². The molecule has 0 fully saturated rings. The number of nitrogens with zero attached hydrogens (tertiary/aromatic N) is 2. The molecule has 1 unspecified atom stereocenters. The number of hydrogen-bond acceptors (Lipinski definition) is 4. The molecule has 0 bridgehead atoms. The lowest BCUT2D eigenvalue weighted by Crippen LogP contribution is -2.45. The average molecular weight is 453 g/mol. The Morgan fingerprint density at radius 2 is 1.81 bits per heavy atom. The van der Waals surface area contributed by atoms with Gasteiger partial charge in [0.25, 0.3) is 5.91 Å². The van der Waals surface area contributed by atoms with Crippen LogP contribution in [0.5, 0.6) is 0 Å². The second-order valence-electron chi connectivity index (χ2n) is 7.57. The minimum atomic E-state index is -0.464. The summed E-state index contributed by atoms with van der Waals surface area (Å²) in [6.45, 7) is 2.54. The fourth-order valence-corrected chi connectivity index (χ4v) is 3.99. The highest BCUT2D eigenvalue weighted by molar-refractivity contribution is 6.32. The van der Waals surface area contributed by atoms with Crippen molar-refractivity contribution in [2.24, 2.45) is 0 Å². The van der Waals surface area contributed by atoms with Crippen LogP contribution in [0.25, 0.3) is 0 Å². The lowest BCUT2D eigenvalue weighted by atomic mass is 9.97. The molecule has 0 saturated heterocycles. The van der Waals surface area contributed by atoms with Gasteiger partial charge in [0, 0.05) is 29.7 Å². The van der Waals surface area contributed by atoms with Crippen molar-refractivity contribution in [2.75, 3.05) is 22.1 Å². The Kier molecular flexibility index (Phi) is 6.37. The molecule has 8 heteroatoms. The van der Waals surface area contributed by atoms with E-state index in [1.54, 1.807) is 18.3 Å². The predicted octanol–water partition coefficient (Wildman–Crippen LogP) is 4.91. The van der Waals surface area contributed by atoms with Crippen molar-refractivity contribution < 1.29 is 14.0 Å². The minimum absolute atomic E-state index is 0.200. The number of pyridine rings is 1. The van der Waals surface area contributed by atoms with Crippen LogP contribution < -0.4 is 15.5 Å². The van der Waals surface area contributed by atoms with Crippen LogP contribution in [0.3, 0.4) is 0 Å². The average Bonchev–Trinajstić information content (AvgIpc) is 2.80. The van der Waals surface area contributed by atoms with Crippen LogP contribution in [-0.4, -0.2) is 29.4 Å². The summed E-state index contributed by atoms with van der Waals surface area (Å²) >= 11 is 6.07. The smallest absolute Gasteiger partial charge is 0.255 e. The number of halogens is 2. The number of aromatic nitrogens is 1. The Morgan fingerprint density at radius 3 is 2.56 bits per heavy atom. The van der Waals surface area contributed by atoms with E-state index in [0.717, 1.165) is 24.1 Å². The normalized spacial score (nSPS) is 13.8. The van der Waals surface area contributed by atoms with E-state index in [1.165, 1.54) is 24.3 Å². The standard InChI is InChI=1S/C24H22ClFN4O2/c1-15(23(31)29-20-7-3-13-27-22(20)25)30-14-4-5-18-19(6-2-8-21(18)30)28-24(32)16-9-11-17(26)12-10-16/h2-3,6-13,15H,4-5,14H2,1H3,(H,28,32)(H,29,31). The molecule has 4 rings (SSSR count). The van der Waals surface area contributed by atoms with E-state index < -0.39 is 11.9 Å². The summed E-state index contributed by atoms with van der Waals surface area (Å²) in [5.41, 5.74) is 3.38. The number of anilines is 3. The van der Waals surface area contributed by atoms with Crippen molar-refractivity contribution in [1.82, 2.24) is 4.98 Å². The van der Waals surface area contributed by atoms with E-state index in [-0.39, 0.29) is 17.0 Å². The van der Waals surface area contributed by atoms with Crippen LogP contribution in [0.1, 0.15) is 29.3 Å². The molecule has 1 aromatic heterocycles. The number of benzene rings is 2. The van der Waals surface area contributed by atoms with Crippen LogP contribution in [0.15, 0.2) is 60.8 Å². The second kappa shape index (κ2) is 9.36. The number of hydrogen-bond donors (Lipinski definition) is 2. The number of carbonyl (C=O) groups excluding carboxylic acids is 2. The fourth-order valence-electron chi connectivity index (χ4n) is 3.83. The van der Waals surface area contributed by atoms with Crippen molar-refractivity contribution in [3.8, 4) is 0 Å². The topological polar surface area (TPSA) is 74.3 Å². The zero-order valence-electron chi connectivity index (χ0n) is 17.4. The van der Waals surface area contributed by atoms with Gasteiger partial charge in [0.15, 0.2) is 5.15 Å². The monoisotopic (exact) mass is 452 g/mol. The summed E-state index contributed by atoms with van der Waals surface area (Å²) in [5.74, 6) is -0.907. The van der Waals surface area contributed by atoms with E-state index in [0.29, 0.717) is 23.5 Å². The lowest BCUT2D eigenvalue weighted by Gasteiger charge is -2.36. The van der Waals surface area contributed by atoms with Gasteiger partial charge in [0.1, 0.15) is 11.9 Å². The van der Waals surface area contributed by atoms with Crippen molar-refractivity contribution in [3.05, 3.63) is 82.9 Å². The maximum absolute atomic E-state index is 13.2. The van der Waals surface area contributed by atoms with Crippen molar-refractivity contribution in [2.45, 2.75) is 25.8 Å². The largest absolute Gasteiger partial charge is 0.359 e. The van der Waals surface area contributed by atoms with E-state index in [2.05, 4.69) is 15.6 Å². The molecule has 0 aliphatic carbocycles. The number of rotatable bonds is 5. The van der Waals surface area contributed by atoms with Gasteiger partial charge in [-0.2, -0.15) is 0 Å². The molecule has 1 atom stereocenters. The molecule has 1 aliphatic heterocycles. The first-order valence-electron chi connectivity index (χ1n) is 10.3. The van der Waals surface area contributed by atoms with E-state index >= 15 is 0 Å². The minimum Gasteiger partial charge on any atom is -0.359 e. The van der Waals surface area contributed by atoms with Crippen LogP contribution in [0.4, 0.5) is 21.5 Å². The van der Waals surface area contributed by atoms with Crippen molar-refractivity contribution in [3.63, 3.8) is 0 Å². The second-order valence-corrected chi connectivity index (χ2v) is 7.93. The molecule has 32 heavy (non-hydrogen) atoms. The quantitative estimate of drug-likeness (QED) is 0.539. The third-order valence-electron chi connectivity index (χ3n) is 5.51. The Hall–Kier alpha value is -3.45. The summed E-state index contributed by atoms with van der Waals surface area (Å²) in [5, 5.41) is 6.00. The maximum atomic E-state index is 13.2. The highest BCUT2D eigenvalue weighted by Gasteiger charge is 2.28. The summed E-state index contributed by atoms with van der Waals surface area (Å²) < 4.78 is 13.2. The number of amides is 2. The lowest BCUT2D eigenvalue weighted by molar-refractivity contribution is -0.117. The van der Waals surface area contributed by atoms with Gasteiger partial charge in [-0.3, -0.25) is 9.59 Å². The first kappa shape index (κ1) is 21.8. The molecule has 6 nitrogen and oxygen atoms in total. The van der Waals surface area contributed by atoms with Gasteiger partial charge >= 0.3 is 0 Å². The Morgan fingerprint density at radius 1 is 1.06 bits per heavy atom. The van der Waals surface area contributed by atoms with Crippen molar-refractivity contribution in [1.29, 1.82) is 0 Å². The Bertz CT molecular complexity index is 1150. The zero-order valence-corrected chi connectivity index (χ0v) is 18.2. The molecular weight excluding hydrogens is 431 g/mol. The van der Waals surface area contributed by atoms with E-state index in [1.807, 2.05) is 30.0 Å². The number of fused-ring (bicyclic) bond motifs is 1. The van der Waals surface area contributed by atoms with Crippen molar-refractivity contribution >= 4 is 40.5 Å². The summed E-state index contributed by atoms with van der Waals surface area (Å²) in [7, 11) is 0. The number of nitrogens with one attached hydrogen (secondary N) is 2. The molecule has 2 amide bonds. The van der Waals surface area contributed by atoms with Gasteiger partial charge in [0.2, 0.25) is 5.91 Å². The Balaban J connectivity index is 1.54. The van der Waals surface area contributed by atoms with Gasteiger partial charge in [-0.25, -0.2) is 9.37 Å². The van der Waals surface area contributed by atoms with Crippen LogP contribution in [-0.2, 0) is 11.2 Å². The van der Waals surface area contributed by atoms with Crippen LogP contribution in [0.2, 0.25) is 5.15 Å². The molecule has 2 heterocycles. The summed E-state index contributed by atoms with van der Waals surface area (Å²) in [4.78, 5) is 31.6. The molecule has 1 aliphatic rings. The highest BCUT2D eigenvalue weighted by Crippen LogP contribution is 2.34. The third kappa shape index (κ3) is 4.57. The first-order valence-corrected chi connectivity index (χ1v) is 10.7. The van der Waals surface area contributed by atoms with Gasteiger partial charge in [-0.05, 0) is 73.9 Å². The molecule has 0 radical (unpaired) electrons. The highest BCUT2D eigenvalue weighted by atomic mass is 35.5. The molecular formula is C24H22ClFN4O2. The van der Waals surface area contributed by atoms with Crippen LogP contribution in [0, 0.1) is 5.82 Å². The number of carbonyl (C=O) groups is 2. The predicted molar refractivity (Wildman–Crippen MR) is 124 cm³/mol. The summed E-state index contributed by atoms with van der Waals surface area (Å²) in [6, 6.07) is 14.0. The first-order chi connectivity index (χ1) is 15.4. The SMILES string of the molecule is CC(C(=O)Nc1cccnc1Cl)N1CCCc2c(NC(=O)c3ccc(F)cc3)cccc21. The zero-order chi connectivity index (χ0) is 22.7. The molecule has 0 saturated carbocycles. The molecule has 164 valence electrons. The van der Waals surface area contributed by atoms with E-state index in [9.17, 15) is 14.0 Å². The molecule has 2 aromatic carbocycles. The van der Waals surface area contributed by atoms with Gasteiger partial charge in [-0.15, -0.1) is 0 Å². The molecule has 0 spiro atoms. The van der Waals surface area contributed by atoms with E-state index in [4.69, 9.17) is 11.6 Å². The maximum Gasteiger partial charge on any atom is 0.255 e. The van der Waals surface area contributed by atoms with Gasteiger partial charge < -0.3 is 15.5 Å². The van der Waals surface area contributed by atoms with Gasteiger partial charge in [-0.1, -0.05) is 17.7 Å². The molecule has 3 aromatic rings. The summed E-state index contributed by atoms with van der Waals surface area (Å²) in [6.07, 6.45) is 3.17. The fraction of sp³-hybridized carbons (Fsp3) is 0.208. The van der Waals surface area contributed by atoms with Gasteiger partial charge in [0.05, 0.1) is 5.69 Å². The molecule has 2 N–H and O–H groups in total. The third-order valence-corrected chi connectivity index (χ3v) is 5.81.